The second-order valence-electron chi connectivity index (χ2n) is 8.94. The number of hydrogen-bond acceptors (Lipinski definition) is 6. The molecule has 0 aliphatic heterocycles. The van der Waals surface area contributed by atoms with Gasteiger partial charge in [-0.15, -0.1) is 13.2 Å². The first-order valence-electron chi connectivity index (χ1n) is 11.8. The van der Waals surface area contributed by atoms with Crippen LogP contribution in [0.3, 0.4) is 0 Å². The number of anilines is 2. The van der Waals surface area contributed by atoms with Crippen LogP contribution in [0.25, 0.3) is 0 Å². The van der Waals surface area contributed by atoms with Crippen molar-refractivity contribution in [3.05, 3.63) is 84.4 Å². The van der Waals surface area contributed by atoms with Gasteiger partial charge in [0.15, 0.2) is 0 Å². The number of carbonyl (C=O) groups excluding carboxylic acids is 2. The van der Waals surface area contributed by atoms with E-state index in [1.165, 1.54) is 25.1 Å². The lowest BCUT2D eigenvalue weighted by Gasteiger charge is -2.26. The number of nitrogens with one attached hydrogen (secondary N) is 3. The Kier molecular flexibility index (Phi) is 7.82. The topological polar surface area (TPSA) is 126 Å². The van der Waals surface area contributed by atoms with Gasteiger partial charge < -0.3 is 19.7 Å². The number of hydrogen-bond donors (Lipinski definition) is 3. The van der Waals surface area contributed by atoms with Gasteiger partial charge in [-0.1, -0.05) is 36.4 Å². The summed E-state index contributed by atoms with van der Waals surface area (Å²) in [6, 6.07) is 18.5. The van der Waals surface area contributed by atoms with E-state index in [1.807, 2.05) is 4.72 Å². The summed E-state index contributed by atoms with van der Waals surface area (Å²) in [6.07, 6.45) is -4.77. The van der Waals surface area contributed by atoms with E-state index in [9.17, 15) is 31.2 Å². The van der Waals surface area contributed by atoms with Crippen LogP contribution in [0.15, 0.2) is 78.9 Å². The molecule has 10 nitrogen and oxygen atoms in total. The fourth-order valence-corrected chi connectivity index (χ4v) is 5.07. The summed E-state index contributed by atoms with van der Waals surface area (Å²) >= 11 is 0. The minimum Gasteiger partial charge on any atom is -0.497 e. The number of urea groups is 1. The van der Waals surface area contributed by atoms with Crippen LogP contribution in [-0.4, -0.2) is 46.4 Å². The molecule has 3 N–H and O–H groups in total. The lowest BCUT2D eigenvalue weighted by Crippen LogP contribution is -2.55. The number of rotatable bonds is 9. The highest BCUT2D eigenvalue weighted by molar-refractivity contribution is 7.91. The molecule has 1 aliphatic carbocycles. The third-order valence-corrected chi connectivity index (χ3v) is 7.15. The second kappa shape index (κ2) is 11.0. The zero-order valence-electron chi connectivity index (χ0n) is 21.2. The fraction of sp³-hybridized carbons (Fsp3) is 0.231. The van der Waals surface area contributed by atoms with Crippen molar-refractivity contribution in [1.82, 2.24) is 10.0 Å². The zero-order valence-corrected chi connectivity index (χ0v) is 22.0. The van der Waals surface area contributed by atoms with Crippen molar-refractivity contribution in [2.45, 2.75) is 24.2 Å². The summed E-state index contributed by atoms with van der Waals surface area (Å²) in [5.41, 5.74) is -0.473. The fourth-order valence-electron chi connectivity index (χ4n) is 4.29. The predicted octanol–water partition coefficient (Wildman–Crippen LogP) is 4.14. The van der Waals surface area contributed by atoms with Gasteiger partial charge in [-0.3, -0.25) is 9.52 Å². The smallest absolute Gasteiger partial charge is 0.497 e. The van der Waals surface area contributed by atoms with E-state index < -0.39 is 45.7 Å². The van der Waals surface area contributed by atoms with E-state index >= 15 is 0 Å². The largest absolute Gasteiger partial charge is 0.573 e. The van der Waals surface area contributed by atoms with Crippen molar-refractivity contribution >= 4 is 33.5 Å². The number of benzene rings is 3. The Morgan fingerprint density at radius 3 is 2.27 bits per heavy atom. The molecule has 0 spiro atoms. The molecule has 3 amide bonds. The van der Waals surface area contributed by atoms with Crippen LogP contribution >= 0.6 is 0 Å². The van der Waals surface area contributed by atoms with Crippen molar-refractivity contribution in [1.29, 1.82) is 0 Å². The standard InChI is InChI=1S/C26H25F3N4O6S/c1-33(19-11-13-20(38-2)14-12-19)23(34)25(16-22(25)17-7-4-3-5-8-17)30-24(35)32-40(36,37)31-18-9-6-10-21(15-18)39-26(27,28)29/h3-15,22,31H,16H2,1-2H3,(H2,30,32,35)/t22-,25?/m1/s1. The Hall–Kier alpha value is -4.46. The molecule has 0 saturated heterocycles. The molecule has 1 aliphatic rings. The van der Waals surface area contributed by atoms with Crippen molar-refractivity contribution in [3.63, 3.8) is 0 Å². The third-order valence-electron chi connectivity index (χ3n) is 6.19. The monoisotopic (exact) mass is 578 g/mol. The van der Waals surface area contributed by atoms with E-state index in [0.29, 0.717) is 11.4 Å². The Balaban J connectivity index is 1.51. The van der Waals surface area contributed by atoms with Gasteiger partial charge in [0.25, 0.3) is 5.91 Å². The first kappa shape index (κ1) is 28.5. The molecule has 0 aromatic heterocycles. The Labute approximate surface area is 228 Å². The minimum atomic E-state index is -4.98. The molecule has 1 fully saturated rings. The van der Waals surface area contributed by atoms with Gasteiger partial charge in [0.1, 0.15) is 17.0 Å². The maximum absolute atomic E-state index is 13.7. The molecule has 14 heteroatoms. The molecule has 0 radical (unpaired) electrons. The van der Waals surface area contributed by atoms with Gasteiger partial charge in [0, 0.05) is 24.7 Å². The number of amides is 3. The average molecular weight is 579 g/mol. The summed E-state index contributed by atoms with van der Waals surface area (Å²) in [4.78, 5) is 27.9. The number of halogens is 3. The lowest BCUT2D eigenvalue weighted by atomic mass is 10.0. The van der Waals surface area contributed by atoms with Crippen molar-refractivity contribution in [3.8, 4) is 11.5 Å². The van der Waals surface area contributed by atoms with Gasteiger partial charge in [-0.25, -0.2) is 9.52 Å². The van der Waals surface area contributed by atoms with E-state index in [2.05, 4.69) is 10.1 Å². The Morgan fingerprint density at radius 2 is 1.65 bits per heavy atom. The summed E-state index contributed by atoms with van der Waals surface area (Å²) < 4.78 is 75.3. The molecule has 212 valence electrons. The van der Waals surface area contributed by atoms with Crippen molar-refractivity contribution in [2.24, 2.45) is 0 Å². The van der Waals surface area contributed by atoms with Crippen LogP contribution in [0, 0.1) is 0 Å². The van der Waals surface area contributed by atoms with Gasteiger partial charge in [0.05, 0.1) is 12.8 Å². The molecule has 2 atom stereocenters. The van der Waals surface area contributed by atoms with E-state index in [1.54, 1.807) is 59.3 Å². The molecule has 4 rings (SSSR count). The number of likely N-dealkylation sites (N-methyl/N-ethyl adjacent to an activating group) is 1. The molecule has 1 unspecified atom stereocenters. The van der Waals surface area contributed by atoms with Crippen molar-refractivity contribution < 1.29 is 40.7 Å². The van der Waals surface area contributed by atoms with Gasteiger partial charge in [-0.05, 0) is 48.4 Å². The number of methoxy groups -OCH3 is 1. The summed E-state index contributed by atoms with van der Waals surface area (Å²) in [5, 5.41) is 2.51. The average Bonchev–Trinajstić information content (AvgIpc) is 3.61. The molecular formula is C26H25F3N4O6S. The molecule has 3 aromatic rings. The highest BCUT2D eigenvalue weighted by atomic mass is 32.2. The van der Waals surface area contributed by atoms with Crippen LogP contribution in [0.1, 0.15) is 17.9 Å². The molecule has 0 bridgehead atoms. The number of nitrogens with zero attached hydrogens (tertiary/aromatic N) is 1. The number of alkyl halides is 3. The van der Waals surface area contributed by atoms with Crippen LogP contribution < -0.4 is 29.1 Å². The van der Waals surface area contributed by atoms with Gasteiger partial charge in [-0.2, -0.15) is 8.42 Å². The highest BCUT2D eigenvalue weighted by Gasteiger charge is 2.63. The van der Waals surface area contributed by atoms with Gasteiger partial charge in [0.2, 0.25) is 0 Å². The van der Waals surface area contributed by atoms with Crippen LogP contribution in [-0.2, 0) is 15.0 Å². The molecule has 3 aromatic carbocycles. The molecule has 0 heterocycles. The Morgan fingerprint density at radius 1 is 0.975 bits per heavy atom. The third kappa shape index (κ3) is 6.75. The normalized spacial score (nSPS) is 18.3. The van der Waals surface area contributed by atoms with Crippen molar-refractivity contribution in [2.75, 3.05) is 23.8 Å². The van der Waals surface area contributed by atoms with Crippen LogP contribution in [0.4, 0.5) is 29.3 Å². The number of ether oxygens (including phenoxy) is 2. The first-order chi connectivity index (χ1) is 18.8. The second-order valence-corrected chi connectivity index (χ2v) is 10.4. The highest BCUT2D eigenvalue weighted by Crippen LogP contribution is 2.52. The lowest BCUT2D eigenvalue weighted by molar-refractivity contribution is -0.274. The number of carbonyl (C=O) groups is 2. The maximum Gasteiger partial charge on any atom is 0.573 e. The van der Waals surface area contributed by atoms with E-state index in [4.69, 9.17) is 4.74 Å². The van der Waals surface area contributed by atoms with Crippen LogP contribution in [0.5, 0.6) is 11.5 Å². The minimum absolute atomic E-state index is 0.202. The maximum atomic E-state index is 13.7. The summed E-state index contributed by atoms with van der Waals surface area (Å²) in [6.45, 7) is 0. The summed E-state index contributed by atoms with van der Waals surface area (Å²) in [5.74, 6) is -1.01. The molecular weight excluding hydrogens is 553 g/mol. The van der Waals surface area contributed by atoms with E-state index in [-0.39, 0.29) is 12.1 Å². The first-order valence-corrected chi connectivity index (χ1v) is 13.3. The summed E-state index contributed by atoms with van der Waals surface area (Å²) in [7, 11) is -1.58. The van der Waals surface area contributed by atoms with E-state index in [0.717, 1.165) is 23.8 Å². The zero-order chi connectivity index (χ0) is 29.1. The quantitative estimate of drug-likeness (QED) is 0.351. The van der Waals surface area contributed by atoms with Crippen LogP contribution in [0.2, 0.25) is 0 Å². The molecule has 40 heavy (non-hydrogen) atoms. The van der Waals surface area contributed by atoms with Gasteiger partial charge >= 0.3 is 22.6 Å². The Bertz CT molecular complexity index is 1490. The predicted molar refractivity (Wildman–Crippen MR) is 140 cm³/mol. The SMILES string of the molecule is COc1ccc(N(C)C(=O)C2(NC(=O)NS(=O)(=O)Nc3cccc(OC(F)(F)F)c3)C[C@@H]2c2ccccc2)cc1. The molecule has 1 saturated carbocycles.